The van der Waals surface area contributed by atoms with Gasteiger partial charge in [-0.15, -0.1) is 5.10 Å². The Bertz CT molecular complexity index is 358. The van der Waals surface area contributed by atoms with Gasteiger partial charge in [0.2, 0.25) is 0 Å². The van der Waals surface area contributed by atoms with Gasteiger partial charge in [0, 0.05) is 32.7 Å². The number of hydrogen-bond donors (Lipinski definition) is 2. The Morgan fingerprint density at radius 1 is 1.39 bits per heavy atom. The van der Waals surface area contributed by atoms with Crippen LogP contribution >= 0.6 is 0 Å². The number of anilines is 1. The van der Waals surface area contributed by atoms with E-state index >= 15 is 0 Å². The second-order valence-electron chi connectivity index (χ2n) is 4.27. The van der Waals surface area contributed by atoms with Crippen LogP contribution in [0.5, 0.6) is 0 Å². The molecule has 1 fully saturated rings. The first-order chi connectivity index (χ1) is 8.81. The Hall–Kier alpha value is -1.86. The van der Waals surface area contributed by atoms with Gasteiger partial charge in [0.1, 0.15) is 0 Å². The van der Waals surface area contributed by atoms with Crippen LogP contribution in [0.3, 0.4) is 0 Å². The average Bonchev–Trinajstić information content (AvgIpc) is 2.93. The first kappa shape index (κ1) is 12.6. The summed E-state index contributed by atoms with van der Waals surface area (Å²) in [6.07, 6.45) is 2.11. The summed E-state index contributed by atoms with van der Waals surface area (Å²) in [5.41, 5.74) is 0. The van der Waals surface area contributed by atoms with Crippen LogP contribution in [0.4, 0.5) is 10.7 Å². The number of unbranched alkanes of at least 4 members (excludes halogenated alkanes) is 1. The molecule has 0 aliphatic carbocycles. The SMILES string of the molecule is CCCCNC(=O)N1CCN(c2nn[nH]n2)CC1. The number of amides is 2. The second kappa shape index (κ2) is 6.18. The van der Waals surface area contributed by atoms with E-state index < -0.39 is 0 Å². The van der Waals surface area contributed by atoms with Crippen LogP contribution in [-0.4, -0.2) is 64.3 Å². The zero-order valence-electron chi connectivity index (χ0n) is 10.6. The van der Waals surface area contributed by atoms with E-state index in [1.54, 1.807) is 0 Å². The van der Waals surface area contributed by atoms with Gasteiger partial charge in [-0.25, -0.2) is 4.79 Å². The molecule has 1 aliphatic heterocycles. The number of hydrogen-bond acceptors (Lipinski definition) is 5. The Labute approximate surface area is 106 Å². The third-order valence-corrected chi connectivity index (χ3v) is 2.99. The smallest absolute Gasteiger partial charge is 0.317 e. The third kappa shape index (κ3) is 3.08. The Balaban J connectivity index is 1.74. The molecule has 8 nitrogen and oxygen atoms in total. The number of nitrogens with zero attached hydrogens (tertiary/aromatic N) is 5. The van der Waals surface area contributed by atoms with E-state index in [1.807, 2.05) is 9.80 Å². The lowest BCUT2D eigenvalue weighted by atomic mass is 10.3. The number of tetrazole rings is 1. The van der Waals surface area contributed by atoms with Crippen molar-refractivity contribution in [3.63, 3.8) is 0 Å². The Morgan fingerprint density at radius 2 is 2.17 bits per heavy atom. The van der Waals surface area contributed by atoms with Crippen LogP contribution < -0.4 is 10.2 Å². The van der Waals surface area contributed by atoms with Crippen molar-refractivity contribution in [3.8, 4) is 0 Å². The van der Waals surface area contributed by atoms with Crippen molar-refractivity contribution in [3.05, 3.63) is 0 Å². The van der Waals surface area contributed by atoms with E-state index in [1.165, 1.54) is 0 Å². The highest BCUT2D eigenvalue weighted by molar-refractivity contribution is 5.74. The highest BCUT2D eigenvalue weighted by Crippen LogP contribution is 2.08. The zero-order valence-corrected chi connectivity index (χ0v) is 10.6. The first-order valence-electron chi connectivity index (χ1n) is 6.32. The van der Waals surface area contributed by atoms with Crippen molar-refractivity contribution in [2.45, 2.75) is 19.8 Å². The lowest BCUT2D eigenvalue weighted by Gasteiger charge is -2.33. The number of rotatable bonds is 4. The number of nitrogens with one attached hydrogen (secondary N) is 2. The number of H-pyrrole nitrogens is 1. The van der Waals surface area contributed by atoms with Crippen molar-refractivity contribution >= 4 is 12.0 Å². The molecule has 1 saturated heterocycles. The molecule has 1 aromatic heterocycles. The number of piperazine rings is 1. The van der Waals surface area contributed by atoms with E-state index in [4.69, 9.17) is 0 Å². The first-order valence-corrected chi connectivity index (χ1v) is 6.32. The minimum atomic E-state index is 0.0243. The molecule has 2 amide bonds. The maximum absolute atomic E-state index is 11.8. The van der Waals surface area contributed by atoms with Crippen molar-refractivity contribution in [1.82, 2.24) is 30.8 Å². The average molecular weight is 253 g/mol. The monoisotopic (exact) mass is 253 g/mol. The highest BCUT2D eigenvalue weighted by Gasteiger charge is 2.22. The molecule has 0 saturated carbocycles. The van der Waals surface area contributed by atoms with Crippen LogP contribution in [0.1, 0.15) is 19.8 Å². The van der Waals surface area contributed by atoms with Gasteiger partial charge < -0.3 is 15.1 Å². The summed E-state index contributed by atoms with van der Waals surface area (Å²) in [6, 6.07) is 0.0243. The van der Waals surface area contributed by atoms with Gasteiger partial charge in [-0.3, -0.25) is 0 Å². The van der Waals surface area contributed by atoms with Crippen molar-refractivity contribution in [2.75, 3.05) is 37.6 Å². The molecule has 1 aromatic rings. The number of aromatic nitrogens is 4. The highest BCUT2D eigenvalue weighted by atomic mass is 16.2. The molecule has 0 bridgehead atoms. The maximum Gasteiger partial charge on any atom is 0.317 e. The number of carbonyl (C=O) groups is 1. The topological polar surface area (TPSA) is 90.0 Å². The van der Waals surface area contributed by atoms with Gasteiger partial charge in [-0.05, 0) is 11.6 Å². The fourth-order valence-electron chi connectivity index (χ4n) is 1.88. The predicted octanol–water partition coefficient (Wildman–Crippen LogP) is -0.169. The third-order valence-electron chi connectivity index (χ3n) is 2.99. The summed E-state index contributed by atoms with van der Waals surface area (Å²) in [5.74, 6) is 0.598. The van der Waals surface area contributed by atoms with Gasteiger partial charge >= 0.3 is 6.03 Å². The van der Waals surface area contributed by atoms with Crippen LogP contribution in [0, 0.1) is 0 Å². The molecule has 18 heavy (non-hydrogen) atoms. The lowest BCUT2D eigenvalue weighted by molar-refractivity contribution is 0.194. The molecule has 100 valence electrons. The molecule has 8 heteroatoms. The minimum absolute atomic E-state index is 0.0243. The quantitative estimate of drug-likeness (QED) is 0.727. The molecule has 1 aliphatic rings. The normalized spacial score (nSPS) is 15.8. The van der Waals surface area contributed by atoms with E-state index in [2.05, 4.69) is 32.9 Å². The molecule has 2 rings (SSSR count). The zero-order chi connectivity index (χ0) is 12.8. The summed E-state index contributed by atoms with van der Waals surface area (Å²) in [5, 5.41) is 16.7. The number of aromatic amines is 1. The molecule has 0 aromatic carbocycles. The van der Waals surface area contributed by atoms with E-state index in [0.717, 1.165) is 32.5 Å². The van der Waals surface area contributed by atoms with Gasteiger partial charge in [-0.1, -0.05) is 18.4 Å². The summed E-state index contributed by atoms with van der Waals surface area (Å²) >= 11 is 0. The van der Waals surface area contributed by atoms with E-state index in [9.17, 15) is 4.79 Å². The molecular formula is C10H19N7O. The lowest BCUT2D eigenvalue weighted by Crippen LogP contribution is -2.52. The van der Waals surface area contributed by atoms with Crippen molar-refractivity contribution in [1.29, 1.82) is 0 Å². The second-order valence-corrected chi connectivity index (χ2v) is 4.27. The maximum atomic E-state index is 11.8. The summed E-state index contributed by atoms with van der Waals surface area (Å²) < 4.78 is 0. The minimum Gasteiger partial charge on any atom is -0.338 e. The van der Waals surface area contributed by atoms with Crippen LogP contribution in [0.25, 0.3) is 0 Å². The Morgan fingerprint density at radius 3 is 2.78 bits per heavy atom. The van der Waals surface area contributed by atoms with Crippen molar-refractivity contribution < 1.29 is 4.79 Å². The number of urea groups is 1. The Kier molecular flexibility index (Phi) is 4.32. The molecule has 0 atom stereocenters. The van der Waals surface area contributed by atoms with E-state index in [-0.39, 0.29) is 6.03 Å². The molecular weight excluding hydrogens is 234 g/mol. The molecule has 2 heterocycles. The standard InChI is InChI=1S/C10H19N7O/c1-2-3-4-11-10(18)17-7-5-16(6-8-17)9-12-14-15-13-9/h2-8H2,1H3,(H,11,18)(H,12,13,14,15). The van der Waals surface area contributed by atoms with Crippen LogP contribution in [0.15, 0.2) is 0 Å². The van der Waals surface area contributed by atoms with Gasteiger partial charge in [0.15, 0.2) is 0 Å². The molecule has 0 spiro atoms. The number of carbonyl (C=O) groups excluding carboxylic acids is 1. The summed E-state index contributed by atoms with van der Waals surface area (Å²) in [6.45, 7) is 5.71. The fourth-order valence-corrected chi connectivity index (χ4v) is 1.88. The fraction of sp³-hybridized carbons (Fsp3) is 0.800. The molecule has 0 unspecified atom stereocenters. The predicted molar refractivity (Wildman–Crippen MR) is 66.3 cm³/mol. The summed E-state index contributed by atoms with van der Waals surface area (Å²) in [7, 11) is 0. The summed E-state index contributed by atoms with van der Waals surface area (Å²) in [4.78, 5) is 15.7. The van der Waals surface area contributed by atoms with Gasteiger partial charge in [-0.2, -0.15) is 5.21 Å². The van der Waals surface area contributed by atoms with Gasteiger partial charge in [0.05, 0.1) is 0 Å². The van der Waals surface area contributed by atoms with Crippen LogP contribution in [0.2, 0.25) is 0 Å². The van der Waals surface area contributed by atoms with E-state index in [0.29, 0.717) is 19.0 Å². The van der Waals surface area contributed by atoms with Crippen molar-refractivity contribution in [2.24, 2.45) is 0 Å². The van der Waals surface area contributed by atoms with Gasteiger partial charge in [0.25, 0.3) is 5.95 Å². The molecule has 2 N–H and O–H groups in total. The van der Waals surface area contributed by atoms with Crippen LogP contribution in [-0.2, 0) is 0 Å². The molecule has 0 radical (unpaired) electrons. The largest absolute Gasteiger partial charge is 0.338 e.